The molecule has 6 heteroatoms. The molecule has 1 atom stereocenters. The molecule has 0 saturated carbocycles. The summed E-state index contributed by atoms with van der Waals surface area (Å²) in [6.07, 6.45) is 0. The van der Waals surface area contributed by atoms with E-state index in [1.54, 1.807) is 0 Å². The van der Waals surface area contributed by atoms with Gasteiger partial charge in [0.2, 0.25) is 0 Å². The van der Waals surface area contributed by atoms with Crippen LogP contribution in [0.3, 0.4) is 0 Å². The van der Waals surface area contributed by atoms with Crippen LogP contribution >= 0.6 is 19.2 Å². The van der Waals surface area contributed by atoms with Crippen molar-refractivity contribution in [3.05, 3.63) is 29.3 Å². The van der Waals surface area contributed by atoms with Crippen LogP contribution in [0.15, 0.2) is 24.3 Å². The Balaban J connectivity index is 2.08. The molecule has 0 spiro atoms. The molecule has 1 unspecified atom stereocenters. The Bertz CT molecular complexity index is 441. The lowest BCUT2D eigenvalue weighted by atomic mass is 10.3. The molecule has 0 aliphatic carbocycles. The lowest BCUT2D eigenvalue weighted by Crippen LogP contribution is -2.06. The van der Waals surface area contributed by atoms with Gasteiger partial charge in [0.25, 0.3) is 0 Å². The molecular weight excluding hydrogens is 273 g/mol. The molecule has 1 heterocycles. The van der Waals surface area contributed by atoms with Crippen molar-refractivity contribution in [3.8, 4) is 0 Å². The van der Waals surface area contributed by atoms with E-state index in [9.17, 15) is 4.57 Å². The Morgan fingerprint density at radius 2 is 1.83 bits per heavy atom. The molecule has 2 rings (SSSR count). The maximum Gasteiger partial charge on any atom is 0.354 e. The van der Waals surface area contributed by atoms with Gasteiger partial charge in [-0.1, -0.05) is 11.6 Å². The van der Waals surface area contributed by atoms with Gasteiger partial charge in [0.15, 0.2) is 0 Å². The van der Waals surface area contributed by atoms with Crippen LogP contribution in [0.1, 0.15) is 13.8 Å². The highest BCUT2D eigenvalue weighted by Crippen LogP contribution is 2.60. The van der Waals surface area contributed by atoms with Crippen LogP contribution in [0.25, 0.3) is 0 Å². The molecule has 1 aliphatic rings. The van der Waals surface area contributed by atoms with Gasteiger partial charge in [0.05, 0.1) is 19.8 Å². The molecule has 1 aliphatic heterocycles. The summed E-state index contributed by atoms with van der Waals surface area (Å²) in [6.45, 7) is 5.12. The first-order valence-corrected chi connectivity index (χ1v) is 8.00. The Hall–Kier alpha value is -0.540. The average Bonchev–Trinajstić information content (AvgIpc) is 3.11. The fourth-order valence-corrected chi connectivity index (χ4v) is 3.99. The number of hydrogen-bond acceptors (Lipinski definition) is 4. The van der Waals surface area contributed by atoms with Crippen molar-refractivity contribution < 1.29 is 13.6 Å². The quantitative estimate of drug-likeness (QED) is 0.590. The normalized spacial score (nSPS) is 19.1. The maximum absolute atomic E-state index is 12.5. The SMILES string of the molecule is CCOP(=O)(OCC)C1CN1c1ccc(Cl)cc1. The molecule has 4 nitrogen and oxygen atoms in total. The number of rotatable bonds is 6. The van der Waals surface area contributed by atoms with Crippen molar-refractivity contribution in [2.75, 3.05) is 24.7 Å². The first-order valence-electron chi connectivity index (χ1n) is 6.01. The van der Waals surface area contributed by atoms with Crippen LogP contribution < -0.4 is 4.90 Å². The fourth-order valence-electron chi connectivity index (χ4n) is 1.88. The van der Waals surface area contributed by atoms with E-state index in [-0.39, 0.29) is 5.78 Å². The molecule has 1 fully saturated rings. The third kappa shape index (κ3) is 2.89. The highest BCUT2D eigenvalue weighted by Gasteiger charge is 2.51. The van der Waals surface area contributed by atoms with Gasteiger partial charge in [-0.25, -0.2) is 0 Å². The molecule has 0 amide bonds. The second kappa shape index (κ2) is 5.62. The summed E-state index contributed by atoms with van der Waals surface area (Å²) < 4.78 is 23.2. The van der Waals surface area contributed by atoms with Crippen LogP contribution in [0.2, 0.25) is 5.02 Å². The van der Waals surface area contributed by atoms with Crippen molar-refractivity contribution in [1.82, 2.24) is 0 Å². The second-order valence-corrected chi connectivity index (χ2v) is 6.61. The summed E-state index contributed by atoms with van der Waals surface area (Å²) in [5.74, 6) is -0.168. The second-order valence-electron chi connectivity index (χ2n) is 3.98. The molecule has 1 aromatic rings. The van der Waals surface area contributed by atoms with E-state index in [1.807, 2.05) is 43.0 Å². The van der Waals surface area contributed by atoms with Gasteiger partial charge in [-0.3, -0.25) is 4.57 Å². The van der Waals surface area contributed by atoms with Crippen LogP contribution in [0, 0.1) is 0 Å². The molecule has 0 radical (unpaired) electrons. The molecular formula is C12H17ClNO3P. The Morgan fingerprint density at radius 1 is 1.28 bits per heavy atom. The van der Waals surface area contributed by atoms with Crippen LogP contribution in [-0.2, 0) is 13.6 Å². The minimum absolute atomic E-state index is 0.168. The molecule has 18 heavy (non-hydrogen) atoms. The minimum Gasteiger partial charge on any atom is -0.353 e. The summed E-state index contributed by atoms with van der Waals surface area (Å²) in [7, 11) is -3.02. The van der Waals surface area contributed by atoms with E-state index in [2.05, 4.69) is 0 Å². The Kier molecular flexibility index (Phi) is 4.33. The van der Waals surface area contributed by atoms with E-state index in [1.165, 1.54) is 0 Å². The van der Waals surface area contributed by atoms with Gasteiger partial charge in [-0.2, -0.15) is 0 Å². The smallest absolute Gasteiger partial charge is 0.353 e. The summed E-state index contributed by atoms with van der Waals surface area (Å²) in [4.78, 5) is 2.00. The Morgan fingerprint density at radius 3 is 2.33 bits per heavy atom. The Labute approximate surface area is 112 Å². The van der Waals surface area contributed by atoms with E-state index < -0.39 is 7.60 Å². The zero-order chi connectivity index (χ0) is 13.2. The van der Waals surface area contributed by atoms with Crippen molar-refractivity contribution in [3.63, 3.8) is 0 Å². The first kappa shape index (κ1) is 13.9. The number of benzene rings is 1. The highest BCUT2D eigenvalue weighted by molar-refractivity contribution is 7.55. The van der Waals surface area contributed by atoms with E-state index >= 15 is 0 Å². The summed E-state index contributed by atoms with van der Waals surface area (Å²) in [6, 6.07) is 7.45. The molecule has 1 aromatic carbocycles. The number of anilines is 1. The molecule has 0 aromatic heterocycles. The lowest BCUT2D eigenvalue weighted by molar-refractivity contribution is 0.219. The zero-order valence-corrected chi connectivity index (χ0v) is 12.2. The first-order chi connectivity index (χ1) is 8.60. The average molecular weight is 290 g/mol. The number of halogens is 1. The van der Waals surface area contributed by atoms with Crippen molar-refractivity contribution in [2.24, 2.45) is 0 Å². The highest BCUT2D eigenvalue weighted by atomic mass is 35.5. The van der Waals surface area contributed by atoms with Gasteiger partial charge >= 0.3 is 7.60 Å². The maximum atomic E-state index is 12.5. The van der Waals surface area contributed by atoms with E-state index in [0.29, 0.717) is 24.8 Å². The molecule has 0 N–H and O–H groups in total. The van der Waals surface area contributed by atoms with Gasteiger partial charge in [0, 0.05) is 10.7 Å². The molecule has 100 valence electrons. The monoisotopic (exact) mass is 289 g/mol. The number of nitrogens with zero attached hydrogens (tertiary/aromatic N) is 1. The third-order valence-corrected chi connectivity index (χ3v) is 5.39. The number of hydrogen-bond donors (Lipinski definition) is 0. The van der Waals surface area contributed by atoms with Gasteiger partial charge in [-0.15, -0.1) is 0 Å². The lowest BCUT2D eigenvalue weighted by Gasteiger charge is -2.17. The summed E-state index contributed by atoms with van der Waals surface area (Å²) >= 11 is 5.84. The topological polar surface area (TPSA) is 38.5 Å². The predicted molar refractivity (Wildman–Crippen MR) is 73.4 cm³/mol. The van der Waals surface area contributed by atoms with E-state index in [4.69, 9.17) is 20.6 Å². The zero-order valence-electron chi connectivity index (χ0n) is 10.5. The van der Waals surface area contributed by atoms with Crippen molar-refractivity contribution >= 4 is 24.9 Å². The minimum atomic E-state index is -3.02. The predicted octanol–water partition coefficient (Wildman–Crippen LogP) is 3.75. The van der Waals surface area contributed by atoms with Crippen LogP contribution in [0.4, 0.5) is 5.69 Å². The van der Waals surface area contributed by atoms with Crippen LogP contribution in [-0.4, -0.2) is 25.5 Å². The van der Waals surface area contributed by atoms with Crippen molar-refractivity contribution in [1.29, 1.82) is 0 Å². The van der Waals surface area contributed by atoms with Gasteiger partial charge in [0.1, 0.15) is 5.78 Å². The van der Waals surface area contributed by atoms with E-state index in [0.717, 1.165) is 5.69 Å². The molecule has 0 bridgehead atoms. The van der Waals surface area contributed by atoms with Gasteiger partial charge in [-0.05, 0) is 38.1 Å². The van der Waals surface area contributed by atoms with Gasteiger partial charge < -0.3 is 13.9 Å². The molecule has 1 saturated heterocycles. The third-order valence-electron chi connectivity index (χ3n) is 2.73. The largest absolute Gasteiger partial charge is 0.354 e. The summed E-state index contributed by atoms with van der Waals surface area (Å²) in [5, 5.41) is 0.690. The summed E-state index contributed by atoms with van der Waals surface area (Å²) in [5.41, 5.74) is 0.990. The van der Waals surface area contributed by atoms with Crippen LogP contribution in [0.5, 0.6) is 0 Å². The standard InChI is InChI=1S/C12H17ClNO3P/c1-3-16-18(15,17-4-2)12-9-14(12)11-7-5-10(13)6-8-11/h5-8,12H,3-4,9H2,1-2H3. The van der Waals surface area contributed by atoms with Crippen molar-refractivity contribution in [2.45, 2.75) is 19.6 Å². The fraction of sp³-hybridized carbons (Fsp3) is 0.500.